The van der Waals surface area contributed by atoms with Gasteiger partial charge in [0, 0.05) is 37.3 Å². The molecular formula is C22H34N2O4. The number of β-amino-alcohol motifs (C(OH)–C–C–N with tert-alkyl or cyclic N) is 1. The molecule has 0 radical (unpaired) electrons. The Morgan fingerprint density at radius 1 is 1.14 bits per heavy atom. The third-order valence-electron chi connectivity index (χ3n) is 6.45. The lowest BCUT2D eigenvalue weighted by Gasteiger charge is -2.36. The maximum Gasteiger partial charge on any atom is 0.165 e. The highest BCUT2D eigenvalue weighted by Gasteiger charge is 2.48. The number of morpholine rings is 1. The van der Waals surface area contributed by atoms with Crippen LogP contribution in [0.2, 0.25) is 0 Å². The molecule has 3 aliphatic rings. The Bertz CT molecular complexity index is 643. The number of methoxy groups -OCH3 is 1. The zero-order valence-corrected chi connectivity index (χ0v) is 17.1. The Kier molecular flexibility index (Phi) is 6.41. The number of ether oxygens (including phenoxy) is 3. The Labute approximate surface area is 168 Å². The molecule has 156 valence electrons. The molecule has 0 aromatic heterocycles. The third-order valence-corrected chi connectivity index (χ3v) is 6.45. The Hall–Kier alpha value is -1.34. The number of hydrogen-bond acceptors (Lipinski definition) is 6. The van der Waals surface area contributed by atoms with Gasteiger partial charge in [-0.1, -0.05) is 18.6 Å². The van der Waals surface area contributed by atoms with Gasteiger partial charge in [-0.3, -0.25) is 9.80 Å². The maximum atomic E-state index is 10.5. The fourth-order valence-corrected chi connectivity index (χ4v) is 4.64. The van der Waals surface area contributed by atoms with Crippen LogP contribution in [0.25, 0.3) is 0 Å². The number of likely N-dealkylation sites (tertiary alicyclic amines) is 1. The van der Waals surface area contributed by atoms with Crippen molar-refractivity contribution in [3.63, 3.8) is 0 Å². The normalized spacial score (nSPS) is 23.5. The Balaban J connectivity index is 1.40. The van der Waals surface area contributed by atoms with E-state index < -0.39 is 6.10 Å². The van der Waals surface area contributed by atoms with Crippen LogP contribution in [-0.4, -0.2) is 79.7 Å². The molecule has 1 aromatic rings. The zero-order chi connectivity index (χ0) is 19.4. The number of aliphatic hydroxyl groups excluding tert-OH is 1. The number of para-hydroxylation sites is 1. The minimum absolute atomic E-state index is 0.274. The average molecular weight is 391 g/mol. The Morgan fingerprint density at radius 2 is 1.96 bits per heavy atom. The topological polar surface area (TPSA) is 54.4 Å². The van der Waals surface area contributed by atoms with E-state index in [2.05, 4.69) is 15.9 Å². The van der Waals surface area contributed by atoms with Gasteiger partial charge in [0.05, 0.1) is 20.3 Å². The maximum absolute atomic E-state index is 10.5. The summed E-state index contributed by atoms with van der Waals surface area (Å²) in [6.07, 6.45) is 6.08. The highest BCUT2D eigenvalue weighted by Crippen LogP contribution is 2.49. The van der Waals surface area contributed by atoms with Gasteiger partial charge in [-0.15, -0.1) is 0 Å². The largest absolute Gasteiger partial charge is 0.493 e. The lowest BCUT2D eigenvalue weighted by molar-refractivity contribution is 0.00423. The standard InChI is InChI=1S/C22H34N2O4/c1-26-20-6-4-5-18(15-24-10-3-2-7-22(24)8-9-22)21(20)28-17-19(25)16-23-11-13-27-14-12-23/h4-6,19,25H,2-3,7-17H2,1H3/t19-/m0/s1. The van der Waals surface area contributed by atoms with Crippen LogP contribution in [0.5, 0.6) is 11.5 Å². The van der Waals surface area contributed by atoms with E-state index in [-0.39, 0.29) is 6.61 Å². The molecule has 2 aliphatic heterocycles. The second-order valence-corrected chi connectivity index (χ2v) is 8.43. The summed E-state index contributed by atoms with van der Waals surface area (Å²) in [4.78, 5) is 4.87. The minimum Gasteiger partial charge on any atom is -0.493 e. The number of hydrogen-bond donors (Lipinski definition) is 1. The second-order valence-electron chi connectivity index (χ2n) is 8.43. The van der Waals surface area contributed by atoms with Crippen molar-refractivity contribution in [1.82, 2.24) is 9.80 Å². The smallest absolute Gasteiger partial charge is 0.165 e. The van der Waals surface area contributed by atoms with Crippen molar-refractivity contribution in [2.75, 3.05) is 53.1 Å². The van der Waals surface area contributed by atoms with Gasteiger partial charge in [-0.05, 0) is 38.3 Å². The first-order chi connectivity index (χ1) is 13.7. The summed E-state index contributed by atoms with van der Waals surface area (Å²) in [6, 6.07) is 6.11. The van der Waals surface area contributed by atoms with Crippen molar-refractivity contribution < 1.29 is 19.3 Å². The van der Waals surface area contributed by atoms with E-state index in [0.29, 0.717) is 12.1 Å². The van der Waals surface area contributed by atoms with Crippen LogP contribution < -0.4 is 9.47 Å². The van der Waals surface area contributed by atoms with E-state index in [1.807, 2.05) is 12.1 Å². The molecule has 1 spiro atoms. The average Bonchev–Trinajstić information content (AvgIpc) is 3.49. The third kappa shape index (κ3) is 4.62. The summed E-state index contributed by atoms with van der Waals surface area (Å²) in [6.45, 7) is 6.16. The van der Waals surface area contributed by atoms with Crippen molar-refractivity contribution in [2.24, 2.45) is 0 Å². The Morgan fingerprint density at radius 3 is 2.71 bits per heavy atom. The van der Waals surface area contributed by atoms with Crippen LogP contribution >= 0.6 is 0 Å². The first kappa shape index (κ1) is 20.0. The summed E-state index contributed by atoms with van der Waals surface area (Å²) in [5.74, 6) is 1.53. The first-order valence-electron chi connectivity index (χ1n) is 10.7. The summed E-state index contributed by atoms with van der Waals surface area (Å²) in [5.41, 5.74) is 1.60. The van der Waals surface area contributed by atoms with Gasteiger partial charge in [-0.25, -0.2) is 0 Å². The number of nitrogens with zero attached hydrogens (tertiary/aromatic N) is 2. The molecule has 1 aliphatic carbocycles. The van der Waals surface area contributed by atoms with Gasteiger partial charge in [0.15, 0.2) is 11.5 Å². The van der Waals surface area contributed by atoms with E-state index in [1.54, 1.807) is 7.11 Å². The van der Waals surface area contributed by atoms with Crippen LogP contribution in [-0.2, 0) is 11.3 Å². The van der Waals surface area contributed by atoms with E-state index in [9.17, 15) is 5.11 Å². The molecule has 2 saturated heterocycles. The number of piperidine rings is 1. The van der Waals surface area contributed by atoms with Crippen LogP contribution in [0.3, 0.4) is 0 Å². The predicted octanol–water partition coefficient (Wildman–Crippen LogP) is 2.29. The number of rotatable bonds is 8. The lowest BCUT2D eigenvalue weighted by atomic mass is 9.99. The van der Waals surface area contributed by atoms with Gasteiger partial charge in [0.2, 0.25) is 0 Å². The van der Waals surface area contributed by atoms with E-state index in [1.165, 1.54) is 32.1 Å². The number of aliphatic hydroxyl groups is 1. The van der Waals surface area contributed by atoms with Gasteiger partial charge < -0.3 is 19.3 Å². The van der Waals surface area contributed by atoms with Gasteiger partial charge in [0.1, 0.15) is 12.7 Å². The van der Waals surface area contributed by atoms with E-state index >= 15 is 0 Å². The lowest BCUT2D eigenvalue weighted by Crippen LogP contribution is -2.42. The second kappa shape index (κ2) is 8.99. The van der Waals surface area contributed by atoms with E-state index in [4.69, 9.17) is 14.2 Å². The summed E-state index contributed by atoms with van der Waals surface area (Å²) < 4.78 is 17.1. The molecule has 3 fully saturated rings. The van der Waals surface area contributed by atoms with Crippen LogP contribution in [0, 0.1) is 0 Å². The minimum atomic E-state index is -0.527. The molecule has 1 atom stereocenters. The molecular weight excluding hydrogens is 356 g/mol. The molecule has 0 bridgehead atoms. The van der Waals surface area contributed by atoms with Crippen LogP contribution in [0.1, 0.15) is 37.7 Å². The SMILES string of the molecule is COc1cccc(CN2CCCCC23CC3)c1OC[C@@H](O)CN1CCOCC1. The molecule has 6 nitrogen and oxygen atoms in total. The molecule has 0 unspecified atom stereocenters. The molecule has 2 heterocycles. The first-order valence-corrected chi connectivity index (χ1v) is 10.7. The molecule has 28 heavy (non-hydrogen) atoms. The summed E-state index contributed by atoms with van der Waals surface area (Å²) >= 11 is 0. The van der Waals surface area contributed by atoms with Crippen molar-refractivity contribution >= 4 is 0 Å². The van der Waals surface area contributed by atoms with Crippen LogP contribution in [0.4, 0.5) is 0 Å². The number of benzene rings is 1. The highest BCUT2D eigenvalue weighted by molar-refractivity contribution is 5.46. The van der Waals surface area contributed by atoms with Crippen molar-refractivity contribution in [1.29, 1.82) is 0 Å². The zero-order valence-electron chi connectivity index (χ0n) is 17.1. The molecule has 4 rings (SSSR count). The summed E-state index contributed by atoms with van der Waals surface area (Å²) in [5, 5.41) is 10.5. The highest BCUT2D eigenvalue weighted by atomic mass is 16.5. The van der Waals surface area contributed by atoms with Crippen molar-refractivity contribution in [3.05, 3.63) is 23.8 Å². The van der Waals surface area contributed by atoms with Gasteiger partial charge in [0.25, 0.3) is 0 Å². The van der Waals surface area contributed by atoms with Gasteiger partial charge in [-0.2, -0.15) is 0 Å². The monoisotopic (exact) mass is 390 g/mol. The molecule has 0 amide bonds. The predicted molar refractivity (Wildman–Crippen MR) is 108 cm³/mol. The summed E-state index contributed by atoms with van der Waals surface area (Å²) in [7, 11) is 1.68. The van der Waals surface area contributed by atoms with Crippen LogP contribution in [0.15, 0.2) is 18.2 Å². The fourth-order valence-electron chi connectivity index (χ4n) is 4.64. The molecule has 1 N–H and O–H groups in total. The fraction of sp³-hybridized carbons (Fsp3) is 0.727. The van der Waals surface area contributed by atoms with Crippen molar-refractivity contribution in [3.8, 4) is 11.5 Å². The molecule has 6 heteroatoms. The van der Waals surface area contributed by atoms with Crippen molar-refractivity contribution in [2.45, 2.75) is 50.3 Å². The van der Waals surface area contributed by atoms with E-state index in [0.717, 1.165) is 56.5 Å². The molecule has 1 saturated carbocycles. The quantitative estimate of drug-likeness (QED) is 0.735. The molecule has 1 aromatic carbocycles. The van der Waals surface area contributed by atoms with Gasteiger partial charge >= 0.3 is 0 Å².